The molecule has 1 heterocycles. The Labute approximate surface area is 132 Å². The van der Waals surface area contributed by atoms with Gasteiger partial charge in [0.1, 0.15) is 0 Å². The summed E-state index contributed by atoms with van der Waals surface area (Å²) in [6, 6.07) is 4.89. The normalized spacial score (nSPS) is 20.0. The standard InChI is InChI=1S/C20H26S/c1-2-5-9-15-13-14-19-20(16(15)10-6-3-1)17-11-7-4-8-12-18(17)21-19/h13-14H,1-12H2. The number of benzene rings is 1. The molecule has 0 fully saturated rings. The van der Waals surface area contributed by atoms with Gasteiger partial charge in [-0.25, -0.2) is 0 Å². The molecule has 0 saturated carbocycles. The van der Waals surface area contributed by atoms with Gasteiger partial charge < -0.3 is 0 Å². The van der Waals surface area contributed by atoms with Crippen LogP contribution in [0.2, 0.25) is 0 Å². The lowest BCUT2D eigenvalue weighted by Gasteiger charge is -2.12. The summed E-state index contributed by atoms with van der Waals surface area (Å²) in [7, 11) is 0. The van der Waals surface area contributed by atoms with Crippen LogP contribution in [0.25, 0.3) is 10.1 Å². The van der Waals surface area contributed by atoms with Crippen molar-refractivity contribution in [2.45, 2.75) is 77.0 Å². The Balaban J connectivity index is 1.87. The van der Waals surface area contributed by atoms with Crippen LogP contribution in [0.4, 0.5) is 0 Å². The van der Waals surface area contributed by atoms with Gasteiger partial charge in [-0.15, -0.1) is 11.3 Å². The molecule has 2 aromatic rings. The van der Waals surface area contributed by atoms with Gasteiger partial charge >= 0.3 is 0 Å². The number of hydrogen-bond donors (Lipinski definition) is 0. The summed E-state index contributed by atoms with van der Waals surface area (Å²) in [4.78, 5) is 1.72. The SMILES string of the molecule is c1cc2sc3c(c2c2c1CCCCCCC2)CCCCC3. The molecule has 2 aliphatic carbocycles. The Morgan fingerprint density at radius 2 is 1.29 bits per heavy atom. The van der Waals surface area contributed by atoms with Crippen LogP contribution in [0.1, 0.15) is 72.9 Å². The molecule has 0 aliphatic heterocycles. The van der Waals surface area contributed by atoms with Crippen molar-refractivity contribution >= 4 is 21.4 Å². The third kappa shape index (κ3) is 2.65. The third-order valence-corrected chi connectivity index (χ3v) is 6.70. The second kappa shape index (κ2) is 6.12. The van der Waals surface area contributed by atoms with Gasteiger partial charge in [-0.05, 0) is 79.5 Å². The van der Waals surface area contributed by atoms with Gasteiger partial charge in [0.2, 0.25) is 0 Å². The molecule has 112 valence electrons. The fourth-order valence-corrected chi connectivity index (χ4v) is 5.64. The van der Waals surface area contributed by atoms with Crippen molar-refractivity contribution in [3.8, 4) is 0 Å². The molecular formula is C20H26S. The zero-order valence-electron chi connectivity index (χ0n) is 13.0. The molecule has 21 heavy (non-hydrogen) atoms. The van der Waals surface area contributed by atoms with Gasteiger partial charge in [0, 0.05) is 9.58 Å². The maximum atomic E-state index is 2.46. The van der Waals surface area contributed by atoms with Gasteiger partial charge in [-0.1, -0.05) is 31.7 Å². The minimum Gasteiger partial charge on any atom is -0.140 e. The van der Waals surface area contributed by atoms with Crippen molar-refractivity contribution in [2.75, 3.05) is 0 Å². The first-order valence-corrected chi connectivity index (χ1v) is 9.80. The monoisotopic (exact) mass is 298 g/mol. The molecule has 1 heteroatoms. The molecule has 0 saturated heterocycles. The van der Waals surface area contributed by atoms with Crippen molar-refractivity contribution in [1.29, 1.82) is 0 Å². The summed E-state index contributed by atoms with van der Waals surface area (Å²) >= 11 is 2.10. The van der Waals surface area contributed by atoms with Crippen LogP contribution in [0.15, 0.2) is 12.1 Å². The van der Waals surface area contributed by atoms with E-state index in [2.05, 4.69) is 23.5 Å². The lowest BCUT2D eigenvalue weighted by Crippen LogP contribution is -1.97. The van der Waals surface area contributed by atoms with Gasteiger partial charge in [0.15, 0.2) is 0 Å². The fourth-order valence-electron chi connectivity index (χ4n) is 4.32. The first-order chi connectivity index (χ1) is 10.4. The Morgan fingerprint density at radius 3 is 2.19 bits per heavy atom. The number of aryl methyl sites for hydroxylation is 4. The first-order valence-electron chi connectivity index (χ1n) is 8.98. The first kappa shape index (κ1) is 13.8. The van der Waals surface area contributed by atoms with E-state index in [1.807, 2.05) is 0 Å². The van der Waals surface area contributed by atoms with Crippen LogP contribution in [0.3, 0.4) is 0 Å². The maximum absolute atomic E-state index is 2.46. The van der Waals surface area contributed by atoms with Crippen LogP contribution >= 0.6 is 11.3 Å². The van der Waals surface area contributed by atoms with Gasteiger partial charge in [-0.3, -0.25) is 0 Å². The molecule has 2 aliphatic rings. The summed E-state index contributed by atoms with van der Waals surface area (Å²) < 4.78 is 1.58. The summed E-state index contributed by atoms with van der Waals surface area (Å²) in [5.74, 6) is 0. The average molecular weight is 298 g/mol. The molecule has 0 atom stereocenters. The summed E-state index contributed by atoms with van der Waals surface area (Å²) in [5, 5.41) is 1.70. The molecular weight excluding hydrogens is 272 g/mol. The summed E-state index contributed by atoms with van der Waals surface area (Å²) in [6.07, 6.45) is 16.7. The molecule has 0 spiro atoms. The molecule has 0 bridgehead atoms. The smallest absolute Gasteiger partial charge is 0.0351 e. The van der Waals surface area contributed by atoms with E-state index in [0.29, 0.717) is 0 Å². The second-order valence-electron chi connectivity index (χ2n) is 6.91. The van der Waals surface area contributed by atoms with Crippen molar-refractivity contribution in [1.82, 2.24) is 0 Å². The zero-order valence-corrected chi connectivity index (χ0v) is 13.9. The maximum Gasteiger partial charge on any atom is 0.0351 e. The fraction of sp³-hybridized carbons (Fsp3) is 0.600. The van der Waals surface area contributed by atoms with Gasteiger partial charge in [0.25, 0.3) is 0 Å². The minimum atomic E-state index is 1.32. The van der Waals surface area contributed by atoms with Crippen LogP contribution in [-0.2, 0) is 25.7 Å². The van der Waals surface area contributed by atoms with Crippen molar-refractivity contribution < 1.29 is 0 Å². The van der Waals surface area contributed by atoms with E-state index in [1.165, 1.54) is 77.0 Å². The summed E-state index contributed by atoms with van der Waals surface area (Å²) in [6.45, 7) is 0. The average Bonchev–Trinajstić information content (AvgIpc) is 2.76. The van der Waals surface area contributed by atoms with E-state index < -0.39 is 0 Å². The largest absolute Gasteiger partial charge is 0.140 e. The van der Waals surface area contributed by atoms with E-state index in [1.54, 1.807) is 31.7 Å². The van der Waals surface area contributed by atoms with E-state index in [9.17, 15) is 0 Å². The Kier molecular flexibility index (Phi) is 4.03. The highest BCUT2D eigenvalue weighted by Gasteiger charge is 2.19. The molecule has 0 radical (unpaired) electrons. The predicted molar refractivity (Wildman–Crippen MR) is 93.6 cm³/mol. The molecule has 4 rings (SSSR count). The molecule has 1 aromatic heterocycles. The number of hydrogen-bond acceptors (Lipinski definition) is 1. The van der Waals surface area contributed by atoms with Crippen molar-refractivity contribution in [3.63, 3.8) is 0 Å². The van der Waals surface area contributed by atoms with Crippen LogP contribution in [0, 0.1) is 0 Å². The topological polar surface area (TPSA) is 0 Å². The van der Waals surface area contributed by atoms with Crippen LogP contribution in [-0.4, -0.2) is 0 Å². The Bertz CT molecular complexity index is 635. The molecule has 0 unspecified atom stereocenters. The number of rotatable bonds is 0. The quantitative estimate of drug-likeness (QED) is 0.506. The van der Waals surface area contributed by atoms with E-state index in [4.69, 9.17) is 0 Å². The van der Waals surface area contributed by atoms with E-state index in [-0.39, 0.29) is 0 Å². The lowest BCUT2D eigenvalue weighted by atomic mass is 9.92. The molecule has 0 nitrogen and oxygen atoms in total. The number of fused-ring (bicyclic) bond motifs is 5. The zero-order chi connectivity index (χ0) is 14.1. The second-order valence-corrected chi connectivity index (χ2v) is 8.05. The lowest BCUT2D eigenvalue weighted by molar-refractivity contribution is 0.629. The van der Waals surface area contributed by atoms with Crippen molar-refractivity contribution in [3.05, 3.63) is 33.7 Å². The molecule has 0 amide bonds. The predicted octanol–water partition coefficient (Wildman–Crippen LogP) is 6.22. The van der Waals surface area contributed by atoms with Gasteiger partial charge in [0.05, 0.1) is 0 Å². The summed E-state index contributed by atoms with van der Waals surface area (Å²) in [5.41, 5.74) is 5.17. The van der Waals surface area contributed by atoms with E-state index in [0.717, 1.165) is 0 Å². The third-order valence-electron chi connectivity index (χ3n) is 5.45. The minimum absolute atomic E-state index is 1.32. The van der Waals surface area contributed by atoms with Gasteiger partial charge in [-0.2, -0.15) is 0 Å². The number of thiophene rings is 1. The molecule has 1 aromatic carbocycles. The highest BCUT2D eigenvalue weighted by Crippen LogP contribution is 2.39. The highest BCUT2D eigenvalue weighted by atomic mass is 32.1. The van der Waals surface area contributed by atoms with Crippen molar-refractivity contribution in [2.24, 2.45) is 0 Å². The van der Waals surface area contributed by atoms with Crippen LogP contribution < -0.4 is 0 Å². The van der Waals surface area contributed by atoms with E-state index >= 15 is 0 Å². The molecule has 0 N–H and O–H groups in total. The highest BCUT2D eigenvalue weighted by molar-refractivity contribution is 7.19. The van der Waals surface area contributed by atoms with Crippen LogP contribution in [0.5, 0.6) is 0 Å². The Hall–Kier alpha value is -0.820. The Morgan fingerprint density at radius 1 is 0.619 bits per heavy atom.